The third-order valence-corrected chi connectivity index (χ3v) is 5.34. The molecule has 0 unspecified atom stereocenters. The maximum absolute atomic E-state index is 10.2. The highest BCUT2D eigenvalue weighted by atomic mass is 16.3. The lowest BCUT2D eigenvalue weighted by Gasteiger charge is -2.36. The van der Waals surface area contributed by atoms with Crippen LogP contribution in [0.15, 0.2) is 48.5 Å². The summed E-state index contributed by atoms with van der Waals surface area (Å²) in [5.41, 5.74) is 2.94. The van der Waals surface area contributed by atoms with E-state index in [1.807, 2.05) is 29.2 Å². The number of phenolic OH excluding ortho intramolecular Hbond substituents is 1. The lowest BCUT2D eigenvalue weighted by Crippen LogP contribution is -2.39. The Hall–Kier alpha value is -3.23. The van der Waals surface area contributed by atoms with Crippen LogP contribution in [0.25, 0.3) is 11.4 Å². The van der Waals surface area contributed by atoms with Crippen LogP contribution in [0.2, 0.25) is 0 Å². The van der Waals surface area contributed by atoms with Crippen molar-refractivity contribution in [2.45, 2.75) is 12.5 Å². The number of phenols is 1. The molecule has 3 aromatic rings. The molecule has 0 radical (unpaired) electrons. The Labute approximate surface area is 175 Å². The molecule has 0 amide bonds. The first kappa shape index (κ1) is 20.1. The van der Waals surface area contributed by atoms with E-state index in [0.717, 1.165) is 12.0 Å². The summed E-state index contributed by atoms with van der Waals surface area (Å²) in [4.78, 5) is 17.6. The van der Waals surface area contributed by atoms with Crippen LogP contribution in [-0.2, 0) is 6.42 Å². The van der Waals surface area contributed by atoms with Crippen LogP contribution in [0, 0.1) is 0 Å². The average molecular weight is 407 g/mol. The Morgan fingerprint density at radius 1 is 1.07 bits per heavy atom. The maximum Gasteiger partial charge on any atom is 0.231 e. The van der Waals surface area contributed by atoms with Gasteiger partial charge in [0.25, 0.3) is 0 Å². The normalized spacial score (nSPS) is 15.7. The van der Waals surface area contributed by atoms with E-state index in [-0.39, 0.29) is 25.0 Å². The second kappa shape index (κ2) is 8.64. The molecule has 1 atom stereocenters. The zero-order valence-electron chi connectivity index (χ0n) is 16.8. The van der Waals surface area contributed by atoms with Crippen LogP contribution >= 0.6 is 0 Å². The maximum atomic E-state index is 10.2. The van der Waals surface area contributed by atoms with E-state index in [2.05, 4.69) is 21.0 Å². The molecule has 2 heterocycles. The standard InChI is InChI=1S/C22H25N5O3/c1-26(11-12-28)21-23-20(16-6-4-7-17(30)13-16)24-22(25-21)27-10-9-15-5-2-3-8-18(15)19(27)14-29/h2-8,13,19,28-30H,9-12,14H2,1H3/t19-/m0/s1. The van der Waals surface area contributed by atoms with Gasteiger partial charge in [-0.3, -0.25) is 0 Å². The number of hydrogen-bond donors (Lipinski definition) is 3. The monoisotopic (exact) mass is 407 g/mol. The minimum Gasteiger partial charge on any atom is -0.508 e. The number of benzene rings is 2. The number of aromatic hydroxyl groups is 1. The van der Waals surface area contributed by atoms with Gasteiger partial charge < -0.3 is 25.1 Å². The predicted molar refractivity (Wildman–Crippen MR) is 115 cm³/mol. The minimum atomic E-state index is -0.259. The van der Waals surface area contributed by atoms with E-state index in [9.17, 15) is 15.3 Å². The van der Waals surface area contributed by atoms with E-state index in [4.69, 9.17) is 0 Å². The summed E-state index contributed by atoms with van der Waals surface area (Å²) in [5, 5.41) is 29.4. The van der Waals surface area contributed by atoms with E-state index < -0.39 is 0 Å². The van der Waals surface area contributed by atoms with Crippen molar-refractivity contribution in [1.29, 1.82) is 0 Å². The SMILES string of the molecule is CN(CCO)c1nc(-c2cccc(O)c2)nc(N2CCc3ccccc3[C@@H]2CO)n1. The van der Waals surface area contributed by atoms with Gasteiger partial charge in [0.2, 0.25) is 11.9 Å². The van der Waals surface area contributed by atoms with Crippen molar-refractivity contribution >= 4 is 11.9 Å². The first-order chi connectivity index (χ1) is 14.6. The first-order valence-electron chi connectivity index (χ1n) is 9.93. The molecule has 156 valence electrons. The van der Waals surface area contributed by atoms with Crippen LogP contribution in [0.1, 0.15) is 17.2 Å². The van der Waals surface area contributed by atoms with Gasteiger partial charge in [-0.15, -0.1) is 0 Å². The Bertz CT molecular complexity index is 1030. The van der Waals surface area contributed by atoms with Gasteiger partial charge in [-0.2, -0.15) is 15.0 Å². The number of likely N-dealkylation sites (N-methyl/N-ethyl adjacent to an activating group) is 1. The summed E-state index contributed by atoms with van der Waals surface area (Å²) >= 11 is 0. The van der Waals surface area contributed by atoms with Gasteiger partial charge in [0, 0.05) is 25.7 Å². The molecule has 0 saturated carbocycles. The molecule has 1 aliphatic heterocycles. The molecule has 0 spiro atoms. The van der Waals surface area contributed by atoms with Gasteiger partial charge >= 0.3 is 0 Å². The summed E-state index contributed by atoms with van der Waals surface area (Å²) in [5.74, 6) is 1.42. The number of aliphatic hydroxyl groups excluding tert-OH is 2. The molecule has 1 aromatic heterocycles. The summed E-state index contributed by atoms with van der Waals surface area (Å²) in [6.45, 7) is 0.936. The number of anilines is 2. The minimum absolute atomic E-state index is 0.0324. The van der Waals surface area contributed by atoms with Crippen molar-refractivity contribution < 1.29 is 15.3 Å². The van der Waals surface area contributed by atoms with Crippen molar-refractivity contribution in [2.24, 2.45) is 0 Å². The molecule has 1 aliphatic rings. The molecule has 0 fully saturated rings. The zero-order chi connectivity index (χ0) is 21.1. The molecule has 0 saturated heterocycles. The molecule has 4 rings (SSSR count). The molecule has 0 aliphatic carbocycles. The summed E-state index contributed by atoms with van der Waals surface area (Å²) in [6, 6.07) is 14.6. The smallest absolute Gasteiger partial charge is 0.231 e. The Morgan fingerprint density at radius 2 is 1.90 bits per heavy atom. The highest BCUT2D eigenvalue weighted by molar-refractivity contribution is 5.61. The fourth-order valence-electron chi connectivity index (χ4n) is 3.77. The van der Waals surface area contributed by atoms with Crippen molar-refractivity contribution in [1.82, 2.24) is 15.0 Å². The molecular weight excluding hydrogens is 382 g/mol. The number of hydrogen-bond acceptors (Lipinski definition) is 8. The van der Waals surface area contributed by atoms with Crippen molar-refractivity contribution in [2.75, 3.05) is 43.2 Å². The Morgan fingerprint density at radius 3 is 2.67 bits per heavy atom. The summed E-state index contributed by atoms with van der Waals surface area (Å²) < 4.78 is 0. The fraction of sp³-hybridized carbons (Fsp3) is 0.318. The zero-order valence-corrected chi connectivity index (χ0v) is 16.8. The molecule has 8 heteroatoms. The lowest BCUT2D eigenvalue weighted by atomic mass is 9.93. The highest BCUT2D eigenvalue weighted by Crippen LogP contribution is 2.33. The van der Waals surface area contributed by atoms with Gasteiger partial charge in [0.1, 0.15) is 5.75 Å². The van der Waals surface area contributed by atoms with Crippen molar-refractivity contribution in [3.63, 3.8) is 0 Å². The Kier molecular flexibility index (Phi) is 5.78. The van der Waals surface area contributed by atoms with Crippen LogP contribution in [0.5, 0.6) is 5.75 Å². The topological polar surface area (TPSA) is 106 Å². The quantitative estimate of drug-likeness (QED) is 0.568. The van der Waals surface area contributed by atoms with Gasteiger partial charge in [0.15, 0.2) is 5.82 Å². The van der Waals surface area contributed by atoms with Gasteiger partial charge in [-0.1, -0.05) is 36.4 Å². The van der Waals surface area contributed by atoms with Gasteiger partial charge in [-0.05, 0) is 29.7 Å². The molecular formula is C22H25N5O3. The van der Waals surface area contributed by atoms with E-state index in [1.165, 1.54) is 5.56 Å². The van der Waals surface area contributed by atoms with Crippen LogP contribution in [0.4, 0.5) is 11.9 Å². The van der Waals surface area contributed by atoms with E-state index in [1.54, 1.807) is 30.1 Å². The lowest BCUT2D eigenvalue weighted by molar-refractivity contribution is 0.256. The first-order valence-corrected chi connectivity index (χ1v) is 9.93. The van der Waals surface area contributed by atoms with Crippen molar-refractivity contribution in [3.8, 4) is 17.1 Å². The molecule has 2 aromatic carbocycles. The predicted octanol–water partition coefficient (Wildman–Crippen LogP) is 1.77. The number of rotatable bonds is 6. The molecule has 0 bridgehead atoms. The third kappa shape index (κ3) is 3.92. The second-order valence-electron chi connectivity index (χ2n) is 7.30. The number of nitrogens with zero attached hydrogens (tertiary/aromatic N) is 5. The number of aromatic nitrogens is 3. The summed E-state index contributed by atoms with van der Waals surface area (Å²) in [6.07, 6.45) is 0.821. The van der Waals surface area contributed by atoms with Crippen LogP contribution in [0.3, 0.4) is 0 Å². The van der Waals surface area contributed by atoms with Crippen LogP contribution < -0.4 is 9.80 Å². The Balaban J connectivity index is 1.80. The van der Waals surface area contributed by atoms with Crippen molar-refractivity contribution in [3.05, 3.63) is 59.7 Å². The third-order valence-electron chi connectivity index (χ3n) is 5.34. The van der Waals surface area contributed by atoms with Gasteiger partial charge in [-0.25, -0.2) is 0 Å². The van der Waals surface area contributed by atoms with Gasteiger partial charge in [0.05, 0.1) is 19.3 Å². The average Bonchev–Trinajstić information content (AvgIpc) is 2.78. The second-order valence-corrected chi connectivity index (χ2v) is 7.30. The largest absolute Gasteiger partial charge is 0.508 e. The van der Waals surface area contributed by atoms with Crippen LogP contribution in [-0.4, -0.2) is 63.6 Å². The number of fused-ring (bicyclic) bond motifs is 1. The number of aliphatic hydroxyl groups is 2. The van der Waals surface area contributed by atoms with E-state index >= 15 is 0 Å². The summed E-state index contributed by atoms with van der Waals surface area (Å²) in [7, 11) is 1.80. The molecule has 8 nitrogen and oxygen atoms in total. The highest BCUT2D eigenvalue weighted by Gasteiger charge is 2.29. The van der Waals surface area contributed by atoms with E-state index in [0.29, 0.717) is 36.4 Å². The fourth-order valence-corrected chi connectivity index (χ4v) is 3.77. The molecule has 3 N–H and O–H groups in total. The molecule has 30 heavy (non-hydrogen) atoms.